The van der Waals surface area contributed by atoms with Crippen molar-refractivity contribution in [2.45, 2.75) is 13.0 Å². The molecule has 0 unspecified atom stereocenters. The zero-order valence-corrected chi connectivity index (χ0v) is 12.7. The smallest absolute Gasteiger partial charge is 0.253 e. The third kappa shape index (κ3) is 3.58. The molecule has 2 aromatic heterocycles. The molecule has 0 spiro atoms. The molecule has 0 saturated carbocycles. The van der Waals surface area contributed by atoms with Crippen molar-refractivity contribution < 1.29 is 4.79 Å². The van der Waals surface area contributed by atoms with Gasteiger partial charge in [0.2, 0.25) is 0 Å². The highest BCUT2D eigenvalue weighted by atomic mass is 16.1. The van der Waals surface area contributed by atoms with Crippen molar-refractivity contribution in [2.75, 3.05) is 0 Å². The lowest BCUT2D eigenvalue weighted by Gasteiger charge is -2.14. The van der Waals surface area contributed by atoms with Crippen LogP contribution in [0.4, 0.5) is 0 Å². The van der Waals surface area contributed by atoms with E-state index in [0.717, 1.165) is 16.8 Å². The van der Waals surface area contributed by atoms with Gasteiger partial charge in [-0.15, -0.1) is 0 Å². The van der Waals surface area contributed by atoms with Gasteiger partial charge in [-0.3, -0.25) is 9.78 Å². The molecular weight excluding hydrogens is 288 g/mol. The summed E-state index contributed by atoms with van der Waals surface area (Å²) in [5, 5.41) is 2.97. The number of nitrogens with zero attached hydrogens (tertiary/aromatic N) is 3. The summed E-state index contributed by atoms with van der Waals surface area (Å²) in [6.07, 6.45) is 6.41. The molecule has 3 aromatic rings. The van der Waals surface area contributed by atoms with Gasteiger partial charge in [0.25, 0.3) is 5.91 Å². The Morgan fingerprint density at radius 2 is 1.74 bits per heavy atom. The molecule has 0 aliphatic carbocycles. The van der Waals surface area contributed by atoms with Crippen LogP contribution in [0.1, 0.15) is 28.9 Å². The lowest BCUT2D eigenvalue weighted by molar-refractivity contribution is 0.0939. The van der Waals surface area contributed by atoms with E-state index in [4.69, 9.17) is 0 Å². The lowest BCUT2D eigenvalue weighted by Crippen LogP contribution is -2.26. The highest BCUT2D eigenvalue weighted by Gasteiger charge is 2.11. The maximum Gasteiger partial charge on any atom is 0.253 e. The maximum atomic E-state index is 12.3. The molecule has 23 heavy (non-hydrogen) atoms. The van der Waals surface area contributed by atoms with Crippen molar-refractivity contribution in [3.05, 3.63) is 78.5 Å². The summed E-state index contributed by atoms with van der Waals surface area (Å²) in [5.41, 5.74) is 3.13. The highest BCUT2D eigenvalue weighted by molar-refractivity contribution is 5.94. The van der Waals surface area contributed by atoms with Crippen LogP contribution < -0.4 is 5.32 Å². The average Bonchev–Trinajstić information content (AvgIpc) is 2.63. The standard InChI is InChI=1S/C18H16N4O/c1-13(14-5-3-2-4-6-14)22-18(23)15-7-8-17(21-11-15)16-9-19-12-20-10-16/h2-13H,1H3,(H,22,23)/t13-/m0/s1. The minimum absolute atomic E-state index is 0.0640. The summed E-state index contributed by atoms with van der Waals surface area (Å²) in [6, 6.07) is 13.3. The zero-order chi connectivity index (χ0) is 16.1. The van der Waals surface area contributed by atoms with Crippen molar-refractivity contribution in [3.8, 4) is 11.3 Å². The Bertz CT molecular complexity index is 773. The van der Waals surface area contributed by atoms with Crippen LogP contribution >= 0.6 is 0 Å². The molecule has 5 nitrogen and oxygen atoms in total. The summed E-state index contributed by atoms with van der Waals surface area (Å²) < 4.78 is 0. The van der Waals surface area contributed by atoms with Crippen LogP contribution in [-0.4, -0.2) is 20.9 Å². The molecular formula is C18H16N4O. The zero-order valence-electron chi connectivity index (χ0n) is 12.7. The Labute approximate surface area is 134 Å². The molecule has 1 atom stereocenters. The van der Waals surface area contributed by atoms with E-state index in [1.165, 1.54) is 6.33 Å². The molecule has 0 aliphatic rings. The molecule has 0 radical (unpaired) electrons. The molecule has 0 saturated heterocycles. The molecule has 0 bridgehead atoms. The lowest BCUT2D eigenvalue weighted by atomic mass is 10.1. The highest BCUT2D eigenvalue weighted by Crippen LogP contribution is 2.15. The van der Waals surface area contributed by atoms with Crippen LogP contribution in [0.2, 0.25) is 0 Å². The van der Waals surface area contributed by atoms with E-state index in [2.05, 4.69) is 20.3 Å². The number of pyridine rings is 1. The van der Waals surface area contributed by atoms with Gasteiger partial charge in [-0.1, -0.05) is 30.3 Å². The molecule has 2 heterocycles. The SMILES string of the molecule is C[C@H](NC(=O)c1ccc(-c2cncnc2)nc1)c1ccccc1. The van der Waals surface area contributed by atoms with Crippen molar-refractivity contribution >= 4 is 5.91 Å². The molecule has 0 aliphatic heterocycles. The second kappa shape index (κ2) is 6.79. The van der Waals surface area contributed by atoms with Crippen LogP contribution in [-0.2, 0) is 0 Å². The summed E-state index contributed by atoms with van der Waals surface area (Å²) >= 11 is 0. The monoisotopic (exact) mass is 304 g/mol. The summed E-state index contributed by atoms with van der Waals surface area (Å²) in [7, 11) is 0. The van der Waals surface area contributed by atoms with Crippen molar-refractivity contribution in [2.24, 2.45) is 0 Å². The number of aromatic nitrogens is 3. The summed E-state index contributed by atoms with van der Waals surface area (Å²) in [6.45, 7) is 1.95. The van der Waals surface area contributed by atoms with Gasteiger partial charge in [-0.2, -0.15) is 0 Å². The van der Waals surface area contributed by atoms with Crippen molar-refractivity contribution in [1.29, 1.82) is 0 Å². The number of carbonyl (C=O) groups is 1. The first kappa shape index (κ1) is 14.8. The number of benzene rings is 1. The fourth-order valence-electron chi connectivity index (χ4n) is 2.24. The van der Waals surface area contributed by atoms with Gasteiger partial charge in [0.15, 0.2) is 0 Å². The Morgan fingerprint density at radius 3 is 2.39 bits per heavy atom. The second-order valence-electron chi connectivity index (χ2n) is 5.17. The van der Waals surface area contributed by atoms with Crippen LogP contribution in [0.5, 0.6) is 0 Å². The molecule has 1 aromatic carbocycles. The predicted octanol–water partition coefficient (Wildman–Crippen LogP) is 3.03. The Kier molecular flexibility index (Phi) is 4.38. The molecule has 0 fully saturated rings. The third-order valence-electron chi connectivity index (χ3n) is 3.53. The fourth-order valence-corrected chi connectivity index (χ4v) is 2.24. The van der Waals surface area contributed by atoms with Crippen LogP contribution in [0.3, 0.4) is 0 Å². The number of hydrogen-bond donors (Lipinski definition) is 1. The van der Waals surface area contributed by atoms with Crippen molar-refractivity contribution in [1.82, 2.24) is 20.3 Å². The summed E-state index contributed by atoms with van der Waals surface area (Å²) in [4.78, 5) is 24.5. The Morgan fingerprint density at radius 1 is 1.00 bits per heavy atom. The maximum absolute atomic E-state index is 12.3. The van der Waals surface area contributed by atoms with Gasteiger partial charge < -0.3 is 5.32 Å². The average molecular weight is 304 g/mol. The van der Waals surface area contributed by atoms with Crippen LogP contribution in [0.15, 0.2) is 67.4 Å². The molecule has 1 N–H and O–H groups in total. The molecule has 5 heteroatoms. The van der Waals surface area contributed by atoms with E-state index in [9.17, 15) is 4.79 Å². The van der Waals surface area contributed by atoms with Crippen LogP contribution in [0, 0.1) is 0 Å². The first-order chi connectivity index (χ1) is 11.2. The van der Waals surface area contributed by atoms with Crippen molar-refractivity contribution in [3.63, 3.8) is 0 Å². The molecule has 114 valence electrons. The minimum atomic E-state index is -0.148. The first-order valence-corrected chi connectivity index (χ1v) is 7.31. The van der Waals surface area contributed by atoms with E-state index in [-0.39, 0.29) is 11.9 Å². The number of hydrogen-bond acceptors (Lipinski definition) is 4. The summed E-state index contributed by atoms with van der Waals surface area (Å²) in [5.74, 6) is -0.148. The Balaban J connectivity index is 1.71. The minimum Gasteiger partial charge on any atom is -0.345 e. The topological polar surface area (TPSA) is 67.8 Å². The number of amides is 1. The number of rotatable bonds is 4. The van der Waals surface area contributed by atoms with E-state index < -0.39 is 0 Å². The van der Waals surface area contributed by atoms with Gasteiger partial charge in [0, 0.05) is 24.2 Å². The van der Waals surface area contributed by atoms with E-state index in [0.29, 0.717) is 5.56 Å². The van der Waals surface area contributed by atoms with Gasteiger partial charge in [-0.25, -0.2) is 9.97 Å². The normalized spacial score (nSPS) is 11.7. The quantitative estimate of drug-likeness (QED) is 0.804. The van der Waals surface area contributed by atoms with Gasteiger partial charge in [0.05, 0.1) is 17.3 Å². The Hall–Kier alpha value is -3.08. The van der Waals surface area contributed by atoms with E-state index in [1.807, 2.05) is 37.3 Å². The fraction of sp³-hybridized carbons (Fsp3) is 0.111. The number of nitrogens with one attached hydrogen (secondary N) is 1. The molecule has 1 amide bonds. The molecule has 3 rings (SSSR count). The van der Waals surface area contributed by atoms with Crippen LogP contribution in [0.25, 0.3) is 11.3 Å². The van der Waals surface area contributed by atoms with Gasteiger partial charge >= 0.3 is 0 Å². The largest absolute Gasteiger partial charge is 0.345 e. The third-order valence-corrected chi connectivity index (χ3v) is 3.53. The predicted molar refractivity (Wildman–Crippen MR) is 87.6 cm³/mol. The first-order valence-electron chi connectivity index (χ1n) is 7.31. The number of carbonyl (C=O) groups excluding carboxylic acids is 1. The second-order valence-corrected chi connectivity index (χ2v) is 5.17. The van der Waals surface area contributed by atoms with Gasteiger partial charge in [-0.05, 0) is 24.6 Å². The van der Waals surface area contributed by atoms with E-state index in [1.54, 1.807) is 30.7 Å². The van der Waals surface area contributed by atoms with E-state index >= 15 is 0 Å². The van der Waals surface area contributed by atoms with Gasteiger partial charge in [0.1, 0.15) is 6.33 Å².